The Morgan fingerprint density at radius 1 is 1.48 bits per heavy atom. The number of amides is 1. The predicted octanol–water partition coefficient (Wildman–Crippen LogP) is 3.00. The van der Waals surface area contributed by atoms with Crippen molar-refractivity contribution in [3.63, 3.8) is 0 Å². The third kappa shape index (κ3) is 4.43. The molecule has 1 fully saturated rings. The van der Waals surface area contributed by atoms with E-state index in [4.69, 9.17) is 5.73 Å². The lowest BCUT2D eigenvalue weighted by atomic mass is 9.98. The smallest absolute Gasteiger partial charge is 0.238 e. The molecule has 0 aromatic heterocycles. The number of nitrogen functional groups attached to an aromatic ring is 1. The highest BCUT2D eigenvalue weighted by Gasteiger charge is 2.23. The Bertz CT molecular complexity index is 490. The summed E-state index contributed by atoms with van der Waals surface area (Å²) in [5.41, 5.74) is 6.48. The van der Waals surface area contributed by atoms with Crippen LogP contribution in [0.4, 0.5) is 15.8 Å². The number of halogens is 1. The topological polar surface area (TPSA) is 58.4 Å². The van der Waals surface area contributed by atoms with E-state index in [0.29, 0.717) is 24.0 Å². The molecule has 1 aromatic rings. The summed E-state index contributed by atoms with van der Waals surface area (Å²) >= 11 is 0. The summed E-state index contributed by atoms with van der Waals surface area (Å²) in [5.74, 6) is -0.531. The molecule has 21 heavy (non-hydrogen) atoms. The number of carbonyl (C=O) groups is 1. The monoisotopic (exact) mass is 293 g/mol. The van der Waals surface area contributed by atoms with Crippen LogP contribution in [0.15, 0.2) is 18.2 Å². The fraction of sp³-hybridized carbons (Fsp3) is 0.562. The summed E-state index contributed by atoms with van der Waals surface area (Å²) in [6.45, 7) is 3.47. The van der Waals surface area contributed by atoms with E-state index in [1.165, 1.54) is 24.6 Å². The van der Waals surface area contributed by atoms with Crippen LogP contribution >= 0.6 is 0 Å². The molecule has 0 radical (unpaired) electrons. The maximum absolute atomic E-state index is 13.2. The van der Waals surface area contributed by atoms with Crippen LogP contribution in [-0.2, 0) is 4.79 Å². The summed E-state index contributed by atoms with van der Waals surface area (Å²) in [7, 11) is 0. The van der Waals surface area contributed by atoms with E-state index in [2.05, 4.69) is 17.1 Å². The van der Waals surface area contributed by atoms with Gasteiger partial charge in [0.05, 0.1) is 17.9 Å². The number of nitrogens with zero attached hydrogens (tertiary/aromatic N) is 1. The SMILES string of the molecule is CCCC1CCCCN1CC(=O)Nc1cc(F)ccc1N. The first-order valence-electron chi connectivity index (χ1n) is 7.69. The molecule has 0 bridgehead atoms. The van der Waals surface area contributed by atoms with Crippen LogP contribution in [-0.4, -0.2) is 29.9 Å². The van der Waals surface area contributed by atoms with Gasteiger partial charge in [-0.05, 0) is 44.0 Å². The van der Waals surface area contributed by atoms with Gasteiger partial charge in [-0.1, -0.05) is 19.8 Å². The normalized spacial score (nSPS) is 19.4. The van der Waals surface area contributed by atoms with Crippen molar-refractivity contribution in [3.05, 3.63) is 24.0 Å². The van der Waals surface area contributed by atoms with Crippen molar-refractivity contribution in [2.75, 3.05) is 24.1 Å². The quantitative estimate of drug-likeness (QED) is 0.821. The van der Waals surface area contributed by atoms with Gasteiger partial charge in [-0.15, -0.1) is 0 Å². The molecule has 1 unspecified atom stereocenters. The lowest BCUT2D eigenvalue weighted by molar-refractivity contribution is -0.118. The second kappa shape index (κ2) is 7.41. The van der Waals surface area contributed by atoms with E-state index in [0.717, 1.165) is 32.2 Å². The van der Waals surface area contributed by atoms with Crippen LogP contribution in [0.25, 0.3) is 0 Å². The fourth-order valence-corrected chi connectivity index (χ4v) is 2.94. The first kappa shape index (κ1) is 15.8. The molecule has 1 heterocycles. The van der Waals surface area contributed by atoms with Gasteiger partial charge in [0.25, 0.3) is 0 Å². The lowest BCUT2D eigenvalue weighted by Gasteiger charge is -2.35. The van der Waals surface area contributed by atoms with Crippen LogP contribution in [0.2, 0.25) is 0 Å². The Hall–Kier alpha value is -1.62. The Labute approximate surface area is 125 Å². The summed E-state index contributed by atoms with van der Waals surface area (Å²) < 4.78 is 13.2. The number of hydrogen-bond donors (Lipinski definition) is 2. The highest BCUT2D eigenvalue weighted by molar-refractivity contribution is 5.95. The number of nitrogens with one attached hydrogen (secondary N) is 1. The molecular formula is C16H24FN3O. The zero-order valence-corrected chi connectivity index (χ0v) is 12.6. The molecule has 0 spiro atoms. The Balaban J connectivity index is 1.95. The zero-order chi connectivity index (χ0) is 15.2. The zero-order valence-electron chi connectivity index (χ0n) is 12.6. The summed E-state index contributed by atoms with van der Waals surface area (Å²) in [5, 5.41) is 2.72. The average Bonchev–Trinajstić information content (AvgIpc) is 2.45. The van der Waals surface area contributed by atoms with Crippen molar-refractivity contribution in [3.8, 4) is 0 Å². The first-order valence-corrected chi connectivity index (χ1v) is 7.69. The molecule has 116 valence electrons. The van der Waals surface area contributed by atoms with Crippen molar-refractivity contribution in [1.29, 1.82) is 0 Å². The number of hydrogen-bond acceptors (Lipinski definition) is 3. The molecule has 1 saturated heterocycles. The Morgan fingerprint density at radius 2 is 2.29 bits per heavy atom. The van der Waals surface area contributed by atoms with E-state index >= 15 is 0 Å². The number of nitrogens with two attached hydrogens (primary N) is 1. The largest absolute Gasteiger partial charge is 0.397 e. The number of carbonyl (C=O) groups excluding carboxylic acids is 1. The highest BCUT2D eigenvalue weighted by atomic mass is 19.1. The Kier molecular flexibility index (Phi) is 5.56. The lowest BCUT2D eigenvalue weighted by Crippen LogP contribution is -2.43. The predicted molar refractivity (Wildman–Crippen MR) is 83.6 cm³/mol. The minimum absolute atomic E-state index is 0.129. The minimum atomic E-state index is -0.402. The summed E-state index contributed by atoms with van der Waals surface area (Å²) in [6, 6.07) is 4.49. The van der Waals surface area contributed by atoms with Gasteiger partial charge >= 0.3 is 0 Å². The second-order valence-electron chi connectivity index (χ2n) is 5.69. The number of piperidine rings is 1. The van der Waals surface area contributed by atoms with Crippen LogP contribution in [0.1, 0.15) is 39.0 Å². The van der Waals surface area contributed by atoms with E-state index in [1.54, 1.807) is 0 Å². The molecule has 0 saturated carbocycles. The molecule has 3 N–H and O–H groups in total. The summed E-state index contributed by atoms with van der Waals surface area (Å²) in [4.78, 5) is 14.4. The van der Waals surface area contributed by atoms with Crippen molar-refractivity contribution >= 4 is 17.3 Å². The van der Waals surface area contributed by atoms with Gasteiger partial charge < -0.3 is 11.1 Å². The number of likely N-dealkylation sites (tertiary alicyclic amines) is 1. The molecule has 4 nitrogen and oxygen atoms in total. The van der Waals surface area contributed by atoms with E-state index in [-0.39, 0.29) is 5.91 Å². The molecule has 1 amide bonds. The second-order valence-corrected chi connectivity index (χ2v) is 5.69. The van der Waals surface area contributed by atoms with Crippen molar-refractivity contribution in [1.82, 2.24) is 4.90 Å². The van der Waals surface area contributed by atoms with Gasteiger partial charge in [-0.3, -0.25) is 9.69 Å². The van der Waals surface area contributed by atoms with E-state index < -0.39 is 5.82 Å². The van der Waals surface area contributed by atoms with E-state index in [1.807, 2.05) is 0 Å². The fourth-order valence-electron chi connectivity index (χ4n) is 2.94. The summed E-state index contributed by atoms with van der Waals surface area (Å²) in [6.07, 6.45) is 5.77. The molecule has 2 rings (SSSR count). The molecule has 1 aromatic carbocycles. The van der Waals surface area contributed by atoms with Gasteiger partial charge in [-0.25, -0.2) is 4.39 Å². The number of benzene rings is 1. The van der Waals surface area contributed by atoms with Crippen molar-refractivity contribution in [2.45, 2.75) is 45.1 Å². The third-order valence-electron chi connectivity index (χ3n) is 4.01. The van der Waals surface area contributed by atoms with Crippen molar-refractivity contribution < 1.29 is 9.18 Å². The molecule has 1 aliphatic heterocycles. The maximum atomic E-state index is 13.2. The molecule has 1 atom stereocenters. The molecule has 5 heteroatoms. The minimum Gasteiger partial charge on any atom is -0.397 e. The van der Waals surface area contributed by atoms with Gasteiger partial charge in [0.15, 0.2) is 0 Å². The average molecular weight is 293 g/mol. The molecule has 1 aliphatic rings. The van der Waals surface area contributed by atoms with E-state index in [9.17, 15) is 9.18 Å². The van der Waals surface area contributed by atoms with Crippen LogP contribution in [0.3, 0.4) is 0 Å². The van der Waals surface area contributed by atoms with Gasteiger partial charge in [-0.2, -0.15) is 0 Å². The van der Waals surface area contributed by atoms with Crippen LogP contribution in [0.5, 0.6) is 0 Å². The highest BCUT2D eigenvalue weighted by Crippen LogP contribution is 2.22. The Morgan fingerprint density at radius 3 is 3.05 bits per heavy atom. The van der Waals surface area contributed by atoms with Gasteiger partial charge in [0, 0.05) is 6.04 Å². The standard InChI is InChI=1S/C16H24FN3O/c1-2-5-13-6-3-4-9-20(13)11-16(21)19-15-10-12(17)7-8-14(15)18/h7-8,10,13H,2-6,9,11,18H2,1H3,(H,19,21). The first-order chi connectivity index (χ1) is 10.1. The molecular weight excluding hydrogens is 269 g/mol. The van der Waals surface area contributed by atoms with Crippen LogP contribution < -0.4 is 11.1 Å². The maximum Gasteiger partial charge on any atom is 0.238 e. The molecule has 0 aliphatic carbocycles. The number of anilines is 2. The number of rotatable bonds is 5. The van der Waals surface area contributed by atoms with Gasteiger partial charge in [0.2, 0.25) is 5.91 Å². The van der Waals surface area contributed by atoms with Gasteiger partial charge in [0.1, 0.15) is 5.82 Å². The third-order valence-corrected chi connectivity index (χ3v) is 4.01. The van der Waals surface area contributed by atoms with Crippen molar-refractivity contribution in [2.24, 2.45) is 0 Å². The van der Waals surface area contributed by atoms with Crippen LogP contribution in [0, 0.1) is 5.82 Å².